The Morgan fingerprint density at radius 2 is 1.77 bits per heavy atom. The Kier molecular flexibility index (Phi) is 3.73. The number of nitrogens with one attached hydrogen (secondary N) is 1. The fourth-order valence-electron chi connectivity index (χ4n) is 2.48. The van der Waals surface area contributed by atoms with Crippen molar-refractivity contribution in [2.45, 2.75) is 38.6 Å². The summed E-state index contributed by atoms with van der Waals surface area (Å²) in [5, 5.41) is 11.4. The van der Waals surface area contributed by atoms with E-state index in [1.165, 1.54) is 0 Å². The van der Waals surface area contributed by atoms with Crippen molar-refractivity contribution in [3.8, 4) is 0 Å². The van der Waals surface area contributed by atoms with E-state index in [1.807, 2.05) is 12.1 Å². The number of rotatable bonds is 3. The number of urea groups is 1. The first-order chi connectivity index (χ1) is 10.1. The Labute approximate surface area is 129 Å². The fraction of sp³-hybridized carbons (Fsp3) is 0.438. The van der Waals surface area contributed by atoms with Crippen molar-refractivity contribution in [3.63, 3.8) is 0 Å². The van der Waals surface area contributed by atoms with Crippen LogP contribution in [-0.4, -0.2) is 34.5 Å². The first-order valence-electron chi connectivity index (χ1n) is 7.02. The molecular weight excluding hydrogens is 284 g/mol. The third-order valence-electron chi connectivity index (χ3n) is 3.90. The van der Waals surface area contributed by atoms with Crippen molar-refractivity contribution in [1.82, 2.24) is 10.2 Å². The summed E-state index contributed by atoms with van der Waals surface area (Å²) >= 11 is 0. The molecule has 6 heteroatoms. The van der Waals surface area contributed by atoms with Crippen LogP contribution in [0.4, 0.5) is 4.79 Å². The predicted octanol–water partition coefficient (Wildman–Crippen LogP) is 1.84. The van der Waals surface area contributed by atoms with E-state index >= 15 is 0 Å². The van der Waals surface area contributed by atoms with E-state index in [-0.39, 0.29) is 5.41 Å². The molecule has 2 N–H and O–H groups in total. The maximum Gasteiger partial charge on any atom is 0.325 e. The van der Waals surface area contributed by atoms with Gasteiger partial charge in [0.1, 0.15) is 12.1 Å². The number of aliphatic carboxylic acids is 1. The Balaban J connectivity index is 2.33. The number of carboxylic acids is 1. The number of amides is 3. The van der Waals surface area contributed by atoms with E-state index in [1.54, 1.807) is 19.1 Å². The van der Waals surface area contributed by atoms with Crippen molar-refractivity contribution in [2.75, 3.05) is 6.54 Å². The zero-order chi connectivity index (χ0) is 16.7. The SMILES string of the molecule is CC(C)(C)c1ccc(C2(C)NC(=O)N(CC(=O)O)C2=O)cc1. The molecule has 1 aromatic carbocycles. The standard InChI is InChI=1S/C16H20N2O4/c1-15(2,3)10-5-7-11(8-6-10)16(4)13(21)18(9-12(19)20)14(22)17-16/h5-8H,9H2,1-4H3,(H,17,22)(H,19,20). The smallest absolute Gasteiger partial charge is 0.325 e. The summed E-state index contributed by atoms with van der Waals surface area (Å²) in [6, 6.07) is 6.74. The molecule has 1 atom stereocenters. The minimum atomic E-state index is -1.23. The van der Waals surface area contributed by atoms with Gasteiger partial charge in [-0.25, -0.2) is 4.79 Å². The largest absolute Gasteiger partial charge is 0.480 e. The number of hydrogen-bond acceptors (Lipinski definition) is 3. The van der Waals surface area contributed by atoms with Gasteiger partial charge in [0.25, 0.3) is 5.91 Å². The van der Waals surface area contributed by atoms with Crippen LogP contribution in [0.15, 0.2) is 24.3 Å². The van der Waals surface area contributed by atoms with Gasteiger partial charge in [0.15, 0.2) is 0 Å². The predicted molar refractivity (Wildman–Crippen MR) is 80.4 cm³/mol. The summed E-state index contributed by atoms with van der Waals surface area (Å²) in [5.74, 6) is -1.78. The maximum atomic E-state index is 12.4. The Bertz CT molecular complexity index is 631. The highest BCUT2D eigenvalue weighted by Crippen LogP contribution is 2.30. The molecule has 1 heterocycles. The number of carbonyl (C=O) groups is 3. The first kappa shape index (κ1) is 16.0. The molecule has 118 valence electrons. The Morgan fingerprint density at radius 1 is 1.23 bits per heavy atom. The van der Waals surface area contributed by atoms with Gasteiger partial charge in [0.2, 0.25) is 0 Å². The Hall–Kier alpha value is -2.37. The van der Waals surface area contributed by atoms with E-state index in [4.69, 9.17) is 5.11 Å². The second-order valence-corrected chi connectivity index (χ2v) is 6.67. The molecule has 0 saturated carbocycles. The number of hydrogen-bond donors (Lipinski definition) is 2. The van der Waals surface area contributed by atoms with Gasteiger partial charge >= 0.3 is 12.0 Å². The second-order valence-electron chi connectivity index (χ2n) is 6.67. The lowest BCUT2D eigenvalue weighted by Crippen LogP contribution is -2.41. The van der Waals surface area contributed by atoms with Crippen LogP contribution in [0, 0.1) is 0 Å². The highest BCUT2D eigenvalue weighted by molar-refractivity contribution is 6.08. The molecule has 2 rings (SSSR count). The third kappa shape index (κ3) is 2.68. The van der Waals surface area contributed by atoms with Crippen molar-refractivity contribution in [3.05, 3.63) is 35.4 Å². The van der Waals surface area contributed by atoms with Gasteiger partial charge < -0.3 is 10.4 Å². The van der Waals surface area contributed by atoms with Gasteiger partial charge in [-0.15, -0.1) is 0 Å². The van der Waals surface area contributed by atoms with Crippen LogP contribution >= 0.6 is 0 Å². The maximum absolute atomic E-state index is 12.4. The number of carboxylic acid groups (broad SMARTS) is 1. The summed E-state index contributed by atoms with van der Waals surface area (Å²) in [7, 11) is 0. The van der Waals surface area contributed by atoms with Crippen LogP contribution in [0.1, 0.15) is 38.8 Å². The molecule has 0 aliphatic carbocycles. The second kappa shape index (κ2) is 5.12. The zero-order valence-electron chi connectivity index (χ0n) is 13.1. The normalized spacial score (nSPS) is 21.9. The van der Waals surface area contributed by atoms with E-state index < -0.39 is 30.0 Å². The highest BCUT2D eigenvalue weighted by Gasteiger charge is 2.49. The zero-order valence-corrected chi connectivity index (χ0v) is 13.1. The summed E-state index contributed by atoms with van der Waals surface area (Å²) in [5.41, 5.74) is 0.492. The molecule has 1 aliphatic rings. The lowest BCUT2D eigenvalue weighted by atomic mass is 9.84. The van der Waals surface area contributed by atoms with Gasteiger partial charge in [0.05, 0.1) is 0 Å². The molecule has 22 heavy (non-hydrogen) atoms. The molecular formula is C16H20N2O4. The van der Waals surface area contributed by atoms with E-state index in [0.717, 1.165) is 10.5 Å². The van der Waals surface area contributed by atoms with Crippen LogP contribution in [0.2, 0.25) is 0 Å². The van der Waals surface area contributed by atoms with Gasteiger partial charge in [-0.2, -0.15) is 0 Å². The highest BCUT2D eigenvalue weighted by atomic mass is 16.4. The average molecular weight is 304 g/mol. The van der Waals surface area contributed by atoms with Gasteiger partial charge in [0, 0.05) is 0 Å². The number of imide groups is 1. The van der Waals surface area contributed by atoms with Crippen LogP contribution in [0.3, 0.4) is 0 Å². The van der Waals surface area contributed by atoms with Crippen LogP contribution < -0.4 is 5.32 Å². The average Bonchev–Trinajstić information content (AvgIpc) is 2.62. The van der Waals surface area contributed by atoms with E-state index in [0.29, 0.717) is 5.56 Å². The molecule has 0 radical (unpaired) electrons. The minimum Gasteiger partial charge on any atom is -0.480 e. The molecule has 1 saturated heterocycles. The van der Waals surface area contributed by atoms with Crippen molar-refractivity contribution in [1.29, 1.82) is 0 Å². The van der Waals surface area contributed by atoms with Crippen molar-refractivity contribution in [2.24, 2.45) is 0 Å². The molecule has 1 fully saturated rings. The molecule has 6 nitrogen and oxygen atoms in total. The summed E-state index contributed by atoms with van der Waals surface area (Å²) in [6.45, 7) is 7.20. The molecule has 1 unspecified atom stereocenters. The number of nitrogens with zero attached hydrogens (tertiary/aromatic N) is 1. The minimum absolute atomic E-state index is 0.0162. The monoisotopic (exact) mass is 304 g/mol. The molecule has 0 bridgehead atoms. The van der Waals surface area contributed by atoms with E-state index in [2.05, 4.69) is 26.1 Å². The van der Waals surface area contributed by atoms with Crippen molar-refractivity contribution < 1.29 is 19.5 Å². The van der Waals surface area contributed by atoms with Crippen LogP contribution in [0.25, 0.3) is 0 Å². The topological polar surface area (TPSA) is 86.7 Å². The summed E-state index contributed by atoms with van der Waals surface area (Å²) in [6.07, 6.45) is 0. The summed E-state index contributed by atoms with van der Waals surface area (Å²) in [4.78, 5) is 35.8. The van der Waals surface area contributed by atoms with Gasteiger partial charge in [-0.3, -0.25) is 14.5 Å². The lowest BCUT2D eigenvalue weighted by Gasteiger charge is -2.24. The van der Waals surface area contributed by atoms with E-state index in [9.17, 15) is 14.4 Å². The lowest BCUT2D eigenvalue weighted by molar-refractivity contribution is -0.142. The molecule has 0 aromatic heterocycles. The quantitative estimate of drug-likeness (QED) is 0.834. The van der Waals surface area contributed by atoms with Crippen molar-refractivity contribution >= 4 is 17.9 Å². The van der Waals surface area contributed by atoms with Crippen LogP contribution in [0.5, 0.6) is 0 Å². The fourth-order valence-corrected chi connectivity index (χ4v) is 2.48. The van der Waals surface area contributed by atoms with Gasteiger partial charge in [-0.1, -0.05) is 45.0 Å². The van der Waals surface area contributed by atoms with Crippen LogP contribution in [-0.2, 0) is 20.5 Å². The molecule has 1 aliphatic heterocycles. The molecule has 3 amide bonds. The first-order valence-corrected chi connectivity index (χ1v) is 7.02. The Morgan fingerprint density at radius 3 is 2.23 bits per heavy atom. The third-order valence-corrected chi connectivity index (χ3v) is 3.90. The molecule has 0 spiro atoms. The summed E-state index contributed by atoms with van der Waals surface area (Å²) < 4.78 is 0. The number of carbonyl (C=O) groups excluding carboxylic acids is 2. The molecule has 1 aromatic rings. The number of benzene rings is 1. The van der Waals surface area contributed by atoms with Gasteiger partial charge in [-0.05, 0) is 23.5 Å².